The molecule has 77 heavy (non-hydrogen) atoms. The molecule has 0 bridgehead atoms. The number of amides is 4. The van der Waals surface area contributed by atoms with E-state index < -0.39 is 17.8 Å². The molecule has 4 aliphatic heterocycles. The van der Waals surface area contributed by atoms with Crippen molar-refractivity contribution >= 4 is 64.2 Å². The second-order valence-corrected chi connectivity index (χ2v) is 18.9. The highest BCUT2D eigenvalue weighted by atomic mass is 16.7. The van der Waals surface area contributed by atoms with Crippen LogP contribution in [0, 0.1) is 0 Å². The summed E-state index contributed by atoms with van der Waals surface area (Å²) in [7, 11) is 6.44. The summed E-state index contributed by atoms with van der Waals surface area (Å²) >= 11 is 0. The van der Waals surface area contributed by atoms with Gasteiger partial charge in [-0.05, 0) is 84.0 Å². The number of carbonyl (C=O) groups is 5. The number of hydroxylamine groups is 2. The van der Waals surface area contributed by atoms with Gasteiger partial charge in [-0.1, -0.05) is 36.4 Å². The number of nitrogens with one attached hydrogen (secondary N) is 1. The zero-order valence-electron chi connectivity index (χ0n) is 43.9. The minimum absolute atomic E-state index is 0.00620. The summed E-state index contributed by atoms with van der Waals surface area (Å²) in [5.74, 6) is -0.677. The summed E-state index contributed by atoms with van der Waals surface area (Å²) in [4.78, 5) is 81.2. The van der Waals surface area contributed by atoms with Gasteiger partial charge in [-0.3, -0.25) is 29.1 Å². The van der Waals surface area contributed by atoms with E-state index in [0.29, 0.717) is 116 Å². The molecule has 0 radical (unpaired) electrons. The van der Waals surface area contributed by atoms with Crippen molar-refractivity contribution in [3.63, 3.8) is 0 Å². The number of anilines is 4. The highest BCUT2D eigenvalue weighted by Gasteiger charge is 2.37. The molecule has 19 nitrogen and oxygen atoms in total. The van der Waals surface area contributed by atoms with E-state index in [1.54, 1.807) is 48.2 Å². The largest absolute Gasteiger partial charge is 0.493 e. The Hall–Kier alpha value is -8.00. The fourth-order valence-electron chi connectivity index (χ4n) is 9.83. The Morgan fingerprint density at radius 2 is 1.34 bits per heavy atom. The van der Waals surface area contributed by atoms with E-state index in [9.17, 15) is 24.0 Å². The van der Waals surface area contributed by atoms with Crippen molar-refractivity contribution in [3.05, 3.63) is 124 Å². The molecule has 0 unspecified atom stereocenters. The van der Waals surface area contributed by atoms with Gasteiger partial charge in [0.15, 0.2) is 23.0 Å². The van der Waals surface area contributed by atoms with Gasteiger partial charge in [-0.25, -0.2) is 4.79 Å². The maximum Gasteiger partial charge on any atom is 0.333 e. The minimum Gasteiger partial charge on any atom is -0.493 e. The Balaban J connectivity index is 1.00. The quantitative estimate of drug-likeness (QED) is 0.0494. The van der Waals surface area contributed by atoms with Gasteiger partial charge in [0, 0.05) is 94.9 Å². The van der Waals surface area contributed by atoms with Crippen LogP contribution in [-0.4, -0.2) is 128 Å². The Morgan fingerprint density at radius 1 is 0.688 bits per heavy atom. The third-order valence-electron chi connectivity index (χ3n) is 13.8. The summed E-state index contributed by atoms with van der Waals surface area (Å²) in [5, 5.41) is 4.03. The molecule has 4 aliphatic rings. The highest BCUT2D eigenvalue weighted by Crippen LogP contribution is 2.42. The number of fused-ring (bicyclic) bond motifs is 6. The number of rotatable bonds is 23. The number of imide groups is 1. The number of carbonyl (C=O) groups excluding carboxylic acids is 5. The summed E-state index contributed by atoms with van der Waals surface area (Å²) in [6.07, 6.45) is 4.29. The van der Waals surface area contributed by atoms with Crippen LogP contribution in [0.3, 0.4) is 0 Å². The lowest BCUT2D eigenvalue weighted by Crippen LogP contribution is -2.37. The molecule has 1 saturated heterocycles. The van der Waals surface area contributed by atoms with Crippen LogP contribution in [-0.2, 0) is 59.5 Å². The van der Waals surface area contributed by atoms with Gasteiger partial charge in [0.05, 0.1) is 75.8 Å². The number of methoxy groups -OCH3 is 3. The first-order valence-corrected chi connectivity index (χ1v) is 25.9. The first-order chi connectivity index (χ1) is 37.5. The maximum absolute atomic E-state index is 14.2. The third-order valence-corrected chi connectivity index (χ3v) is 13.8. The summed E-state index contributed by atoms with van der Waals surface area (Å²) < 4.78 is 41.6. The van der Waals surface area contributed by atoms with Crippen LogP contribution < -0.4 is 39.0 Å². The number of aryl methyl sites for hydroxylation is 1. The van der Waals surface area contributed by atoms with Crippen molar-refractivity contribution < 1.29 is 62.0 Å². The Bertz CT molecular complexity index is 3000. The Labute approximate surface area is 447 Å². The van der Waals surface area contributed by atoms with Gasteiger partial charge < -0.3 is 53.1 Å². The first kappa shape index (κ1) is 53.8. The molecule has 5 aromatic carbocycles. The SMILES string of the molecule is COCCOCCOCCN(CCCC(=O)ON1C(=O)CCC1=O)c1cc(COc2cc3c(cc2OC)C(=O)N2c4ccccc4C[C@H]2C=N3)cc(COc2cc3c(cc2OC)C(=O)N(C)c2ccccc2CCCN3)c1. The van der Waals surface area contributed by atoms with Crippen molar-refractivity contribution in [2.24, 2.45) is 4.99 Å². The molecular weight excluding hydrogens is 989 g/mol. The van der Waals surface area contributed by atoms with Gasteiger partial charge in [-0.15, -0.1) is 5.06 Å². The van der Waals surface area contributed by atoms with Crippen LogP contribution in [0.25, 0.3) is 0 Å². The monoisotopic (exact) mass is 1050 g/mol. The van der Waals surface area contributed by atoms with E-state index in [-0.39, 0.29) is 50.3 Å². The predicted octanol–water partition coefficient (Wildman–Crippen LogP) is 7.66. The molecule has 0 aromatic heterocycles. The topological polar surface area (TPSA) is 197 Å². The molecule has 1 N–H and O–H groups in total. The molecule has 404 valence electrons. The van der Waals surface area contributed by atoms with Crippen molar-refractivity contribution in [2.75, 3.05) is 101 Å². The fourth-order valence-corrected chi connectivity index (χ4v) is 9.83. The molecule has 1 fully saturated rings. The van der Waals surface area contributed by atoms with Crippen molar-refractivity contribution in [1.82, 2.24) is 5.06 Å². The van der Waals surface area contributed by atoms with Gasteiger partial charge in [-0.2, -0.15) is 0 Å². The van der Waals surface area contributed by atoms with Crippen molar-refractivity contribution in [2.45, 2.75) is 64.2 Å². The van der Waals surface area contributed by atoms with Crippen molar-refractivity contribution in [3.8, 4) is 23.0 Å². The summed E-state index contributed by atoms with van der Waals surface area (Å²) in [6, 6.07) is 28.4. The van der Waals surface area contributed by atoms with Gasteiger partial charge in [0.2, 0.25) is 0 Å². The van der Waals surface area contributed by atoms with E-state index in [1.165, 1.54) is 14.2 Å². The number of nitrogens with zero attached hydrogens (tertiary/aromatic N) is 5. The van der Waals surface area contributed by atoms with E-state index in [4.69, 9.17) is 43.0 Å². The molecule has 0 aliphatic carbocycles. The summed E-state index contributed by atoms with van der Waals surface area (Å²) in [5.41, 5.74) is 8.01. The van der Waals surface area contributed by atoms with Crippen LogP contribution in [0.4, 0.5) is 28.4 Å². The van der Waals surface area contributed by atoms with Gasteiger partial charge >= 0.3 is 5.97 Å². The first-order valence-electron chi connectivity index (χ1n) is 25.9. The molecule has 19 heteroatoms. The third kappa shape index (κ3) is 12.7. The molecule has 9 rings (SSSR count). The van der Waals surface area contributed by atoms with Crippen molar-refractivity contribution in [1.29, 1.82) is 0 Å². The Morgan fingerprint density at radius 3 is 2.05 bits per heavy atom. The lowest BCUT2D eigenvalue weighted by molar-refractivity contribution is -0.197. The second-order valence-electron chi connectivity index (χ2n) is 18.9. The maximum atomic E-state index is 14.2. The predicted molar refractivity (Wildman–Crippen MR) is 288 cm³/mol. The fraction of sp³-hybridized carbons (Fsp3) is 0.379. The number of aliphatic imine (C=N–C) groups is 1. The number of hydrogen-bond donors (Lipinski definition) is 1. The Kier molecular flexibility index (Phi) is 17.6. The number of hydrogen-bond acceptors (Lipinski definition) is 16. The molecule has 4 heterocycles. The number of para-hydroxylation sites is 2. The molecule has 4 amide bonds. The molecule has 1 atom stereocenters. The van der Waals surface area contributed by atoms with Crippen LogP contribution in [0.15, 0.2) is 96.0 Å². The zero-order chi connectivity index (χ0) is 53.8. The van der Waals surface area contributed by atoms with E-state index >= 15 is 0 Å². The normalized spacial score (nSPS) is 15.7. The number of ether oxygens (including phenoxy) is 7. The molecule has 0 spiro atoms. The van der Waals surface area contributed by atoms with Gasteiger partial charge in [0.25, 0.3) is 23.6 Å². The number of benzene rings is 5. The van der Waals surface area contributed by atoms with Crippen LogP contribution in [0.5, 0.6) is 23.0 Å². The van der Waals surface area contributed by atoms with E-state index in [1.807, 2.05) is 72.9 Å². The molecule has 0 saturated carbocycles. The zero-order valence-corrected chi connectivity index (χ0v) is 43.9. The van der Waals surface area contributed by atoms with Crippen LogP contribution >= 0.6 is 0 Å². The lowest BCUT2D eigenvalue weighted by Gasteiger charge is -2.27. The average molecular weight is 1050 g/mol. The van der Waals surface area contributed by atoms with Gasteiger partial charge in [0.1, 0.15) is 13.2 Å². The average Bonchev–Trinajstić information content (AvgIpc) is 3.94. The van der Waals surface area contributed by atoms with E-state index in [0.717, 1.165) is 52.2 Å². The molecule has 5 aromatic rings. The van der Waals surface area contributed by atoms with Crippen LogP contribution in [0.1, 0.15) is 75.1 Å². The minimum atomic E-state index is -0.704. The summed E-state index contributed by atoms with van der Waals surface area (Å²) in [6.45, 7) is 3.38. The smallest absolute Gasteiger partial charge is 0.333 e. The van der Waals surface area contributed by atoms with E-state index in [2.05, 4.69) is 10.2 Å². The second kappa shape index (κ2) is 25.2. The lowest BCUT2D eigenvalue weighted by atomic mass is 10.0. The highest BCUT2D eigenvalue weighted by molar-refractivity contribution is 6.15. The molecular formula is C58H64N6O13. The van der Waals surface area contributed by atoms with Crippen LogP contribution in [0.2, 0.25) is 0 Å². The standard InChI is InChI=1S/C58H64N6O13/c1-61-48-14-7-5-11-40(48)13-9-19-59-46-33-52(50(71-3)31-44(46)57(61)68)75-36-38-27-39(37-76-53-34-47-45(32-51(53)72-4)58(69)63-43(35-60-47)30-41-12-6-8-15-49(41)63)29-42(28-38)62(21-22-73-25-26-74-24-23-70-2)20-10-16-56(67)77-64-54(65)17-18-55(64)66/h5-8,11-12,14-15,27-29,31-35,43,59H,9-10,13,16-26,30,36-37H2,1-4H3/t43-/m0/s1.